The molecule has 1 aromatic carbocycles. The fraction of sp³-hybridized carbons (Fsp3) is 0.0833. The van der Waals surface area contributed by atoms with Crippen LogP contribution in [-0.2, 0) is 0 Å². The van der Waals surface area contributed by atoms with Crippen LogP contribution in [0, 0.1) is 18.3 Å². The molecule has 0 aliphatic heterocycles. The molecule has 0 saturated heterocycles. The van der Waals surface area contributed by atoms with E-state index in [2.05, 4.69) is 10.2 Å². The SMILES string of the molecule is Cc1nnc(C(C#N)=Cc2ccccc2)o1. The Morgan fingerprint density at radius 2 is 2.06 bits per heavy atom. The minimum Gasteiger partial charge on any atom is -0.420 e. The molecule has 0 bridgehead atoms. The number of hydrogen-bond donors (Lipinski definition) is 0. The molecule has 16 heavy (non-hydrogen) atoms. The van der Waals surface area contributed by atoms with Gasteiger partial charge in [-0.25, -0.2) is 0 Å². The van der Waals surface area contributed by atoms with Crippen LogP contribution in [0.1, 0.15) is 17.3 Å². The fourth-order valence-electron chi connectivity index (χ4n) is 1.26. The van der Waals surface area contributed by atoms with Gasteiger partial charge in [-0.15, -0.1) is 10.2 Å². The number of nitrogens with zero attached hydrogens (tertiary/aromatic N) is 3. The quantitative estimate of drug-likeness (QED) is 0.716. The van der Waals surface area contributed by atoms with Gasteiger partial charge in [0.05, 0.1) is 0 Å². The Kier molecular flexibility index (Phi) is 2.79. The molecule has 0 fully saturated rings. The van der Waals surface area contributed by atoms with Crippen molar-refractivity contribution in [3.63, 3.8) is 0 Å². The van der Waals surface area contributed by atoms with Crippen molar-refractivity contribution in [2.24, 2.45) is 0 Å². The summed E-state index contributed by atoms with van der Waals surface area (Å²) in [4.78, 5) is 0. The van der Waals surface area contributed by atoms with Crippen LogP contribution >= 0.6 is 0 Å². The molecule has 2 aromatic rings. The van der Waals surface area contributed by atoms with Crippen LogP contribution in [0.5, 0.6) is 0 Å². The van der Waals surface area contributed by atoms with Gasteiger partial charge in [-0.05, 0) is 11.6 Å². The minimum atomic E-state index is 0.254. The van der Waals surface area contributed by atoms with Crippen molar-refractivity contribution in [2.75, 3.05) is 0 Å². The van der Waals surface area contributed by atoms with Crippen LogP contribution in [0.25, 0.3) is 11.6 Å². The first-order valence-electron chi connectivity index (χ1n) is 4.77. The van der Waals surface area contributed by atoms with E-state index < -0.39 is 0 Å². The normalized spacial score (nSPS) is 11.1. The number of benzene rings is 1. The Morgan fingerprint density at radius 3 is 2.62 bits per heavy atom. The standard InChI is InChI=1S/C12H9N3O/c1-9-14-15-12(16-9)11(8-13)7-10-5-3-2-4-6-10/h2-7H,1H3. The third kappa shape index (κ3) is 2.15. The van der Waals surface area contributed by atoms with E-state index in [0.29, 0.717) is 11.5 Å². The van der Waals surface area contributed by atoms with E-state index in [4.69, 9.17) is 9.68 Å². The summed E-state index contributed by atoms with van der Waals surface area (Å²) in [7, 11) is 0. The van der Waals surface area contributed by atoms with Gasteiger partial charge in [0, 0.05) is 6.92 Å². The second-order valence-corrected chi connectivity index (χ2v) is 3.21. The highest BCUT2D eigenvalue weighted by molar-refractivity contribution is 5.86. The Labute approximate surface area is 92.9 Å². The van der Waals surface area contributed by atoms with Gasteiger partial charge in [0.25, 0.3) is 5.89 Å². The Hall–Kier alpha value is -2.41. The molecule has 0 saturated carbocycles. The smallest absolute Gasteiger partial charge is 0.258 e. The summed E-state index contributed by atoms with van der Waals surface area (Å²) in [6, 6.07) is 11.6. The number of nitriles is 1. The highest BCUT2D eigenvalue weighted by Gasteiger charge is 2.08. The van der Waals surface area contributed by atoms with Crippen molar-refractivity contribution in [1.29, 1.82) is 5.26 Å². The largest absolute Gasteiger partial charge is 0.420 e. The highest BCUT2D eigenvalue weighted by Crippen LogP contribution is 2.15. The topological polar surface area (TPSA) is 62.7 Å². The van der Waals surface area contributed by atoms with Crippen LogP contribution in [0.15, 0.2) is 34.7 Å². The molecule has 0 unspecified atom stereocenters. The molecule has 4 heteroatoms. The summed E-state index contributed by atoms with van der Waals surface area (Å²) in [5.74, 6) is 0.702. The highest BCUT2D eigenvalue weighted by atomic mass is 16.4. The van der Waals surface area contributed by atoms with Crippen LogP contribution in [0.3, 0.4) is 0 Å². The summed E-state index contributed by atoms with van der Waals surface area (Å²) in [6.07, 6.45) is 1.72. The summed E-state index contributed by atoms with van der Waals surface area (Å²) in [6.45, 7) is 1.69. The van der Waals surface area contributed by atoms with Crippen molar-refractivity contribution in [2.45, 2.75) is 6.92 Å². The molecule has 0 radical (unpaired) electrons. The van der Waals surface area contributed by atoms with E-state index in [0.717, 1.165) is 5.56 Å². The molecular weight excluding hydrogens is 202 g/mol. The molecule has 0 spiro atoms. The Morgan fingerprint density at radius 1 is 1.31 bits per heavy atom. The van der Waals surface area contributed by atoms with Crippen molar-refractivity contribution >= 4 is 11.6 Å². The van der Waals surface area contributed by atoms with Crippen molar-refractivity contribution < 1.29 is 4.42 Å². The lowest BCUT2D eigenvalue weighted by Crippen LogP contribution is -1.82. The van der Waals surface area contributed by atoms with E-state index in [9.17, 15) is 0 Å². The van der Waals surface area contributed by atoms with Gasteiger partial charge >= 0.3 is 0 Å². The number of allylic oxidation sites excluding steroid dienone is 1. The molecule has 0 aliphatic carbocycles. The molecular formula is C12H9N3O. The maximum absolute atomic E-state index is 9.00. The van der Waals surface area contributed by atoms with E-state index in [1.807, 2.05) is 36.4 Å². The van der Waals surface area contributed by atoms with Gasteiger partial charge in [0.1, 0.15) is 11.6 Å². The van der Waals surface area contributed by atoms with E-state index in [1.165, 1.54) is 0 Å². The predicted molar refractivity (Wildman–Crippen MR) is 59.0 cm³/mol. The van der Waals surface area contributed by atoms with Gasteiger partial charge in [-0.2, -0.15) is 5.26 Å². The third-order valence-corrected chi connectivity index (χ3v) is 1.99. The number of aromatic nitrogens is 2. The molecule has 4 nitrogen and oxygen atoms in total. The predicted octanol–water partition coefficient (Wildman–Crippen LogP) is 2.44. The second kappa shape index (κ2) is 4.41. The fourth-order valence-corrected chi connectivity index (χ4v) is 1.26. The van der Waals surface area contributed by atoms with Gasteiger partial charge in [0.15, 0.2) is 0 Å². The van der Waals surface area contributed by atoms with Crippen molar-refractivity contribution in [1.82, 2.24) is 10.2 Å². The molecule has 0 amide bonds. The first-order chi connectivity index (χ1) is 7.79. The number of hydrogen-bond acceptors (Lipinski definition) is 4. The summed E-state index contributed by atoms with van der Waals surface area (Å²) in [5, 5.41) is 16.5. The number of rotatable bonds is 2. The maximum Gasteiger partial charge on any atom is 0.258 e. The maximum atomic E-state index is 9.00. The first-order valence-corrected chi connectivity index (χ1v) is 4.77. The van der Waals surface area contributed by atoms with Gasteiger partial charge < -0.3 is 4.42 Å². The lowest BCUT2D eigenvalue weighted by atomic mass is 10.1. The van der Waals surface area contributed by atoms with E-state index in [1.54, 1.807) is 13.0 Å². The lowest BCUT2D eigenvalue weighted by molar-refractivity contribution is 0.507. The number of aryl methyl sites for hydroxylation is 1. The summed E-state index contributed by atoms with van der Waals surface area (Å²) >= 11 is 0. The van der Waals surface area contributed by atoms with E-state index in [-0.39, 0.29) is 5.89 Å². The lowest BCUT2D eigenvalue weighted by Gasteiger charge is -1.93. The second-order valence-electron chi connectivity index (χ2n) is 3.21. The van der Waals surface area contributed by atoms with Gasteiger partial charge in [-0.3, -0.25) is 0 Å². The first kappa shape index (κ1) is 10.1. The van der Waals surface area contributed by atoms with Crippen molar-refractivity contribution in [3.8, 4) is 6.07 Å². The molecule has 0 aliphatic rings. The average molecular weight is 211 g/mol. The van der Waals surface area contributed by atoms with E-state index >= 15 is 0 Å². The molecule has 1 heterocycles. The Balaban J connectivity index is 2.38. The van der Waals surface area contributed by atoms with Crippen LogP contribution in [-0.4, -0.2) is 10.2 Å². The molecule has 0 N–H and O–H groups in total. The monoisotopic (exact) mass is 211 g/mol. The summed E-state index contributed by atoms with van der Waals surface area (Å²) in [5.41, 5.74) is 1.29. The zero-order valence-corrected chi connectivity index (χ0v) is 8.71. The van der Waals surface area contributed by atoms with Crippen LogP contribution < -0.4 is 0 Å². The van der Waals surface area contributed by atoms with Crippen LogP contribution in [0.4, 0.5) is 0 Å². The van der Waals surface area contributed by atoms with Gasteiger partial charge in [-0.1, -0.05) is 30.3 Å². The Bertz CT molecular complexity index is 549. The molecule has 78 valence electrons. The zero-order valence-electron chi connectivity index (χ0n) is 8.71. The van der Waals surface area contributed by atoms with Crippen LogP contribution in [0.2, 0.25) is 0 Å². The summed E-state index contributed by atoms with van der Waals surface area (Å²) < 4.78 is 5.20. The average Bonchev–Trinajstić information content (AvgIpc) is 2.74. The van der Waals surface area contributed by atoms with Crippen molar-refractivity contribution in [3.05, 3.63) is 47.7 Å². The molecule has 2 rings (SSSR count). The minimum absolute atomic E-state index is 0.254. The third-order valence-electron chi connectivity index (χ3n) is 1.99. The zero-order chi connectivity index (χ0) is 11.4. The molecule has 1 aromatic heterocycles. The molecule has 0 atom stereocenters. The van der Waals surface area contributed by atoms with Gasteiger partial charge in [0.2, 0.25) is 5.89 Å².